The first-order valence-electron chi connectivity index (χ1n) is 7.36. The number of carbonyl (C=O) groups excluding carboxylic acids is 1. The van der Waals surface area contributed by atoms with Gasteiger partial charge in [0.2, 0.25) is 0 Å². The third-order valence-electron chi connectivity index (χ3n) is 3.27. The van der Waals surface area contributed by atoms with E-state index in [2.05, 4.69) is 0 Å². The van der Waals surface area contributed by atoms with Crippen molar-refractivity contribution in [1.29, 1.82) is 0 Å². The van der Waals surface area contributed by atoms with Crippen molar-refractivity contribution in [3.05, 3.63) is 54.6 Å². The van der Waals surface area contributed by atoms with Crippen LogP contribution in [0, 0.1) is 0 Å². The van der Waals surface area contributed by atoms with Crippen molar-refractivity contribution >= 4 is 21.7 Å². The summed E-state index contributed by atoms with van der Waals surface area (Å²) in [6, 6.07) is 14.4. The molecule has 0 heterocycles. The first-order chi connectivity index (χ1) is 11.5. The first kappa shape index (κ1) is 17.8. The van der Waals surface area contributed by atoms with E-state index in [-0.39, 0.29) is 11.5 Å². The van der Waals surface area contributed by atoms with Crippen LogP contribution >= 0.6 is 0 Å². The Morgan fingerprint density at radius 1 is 1.04 bits per heavy atom. The highest BCUT2D eigenvalue weighted by Crippen LogP contribution is 2.25. The van der Waals surface area contributed by atoms with Crippen molar-refractivity contribution in [2.75, 3.05) is 24.6 Å². The van der Waals surface area contributed by atoms with Gasteiger partial charge in [-0.1, -0.05) is 18.2 Å². The molecule has 0 aromatic heterocycles. The largest absolute Gasteiger partial charge is 0.497 e. The van der Waals surface area contributed by atoms with E-state index in [1.54, 1.807) is 49.4 Å². The highest BCUT2D eigenvalue weighted by atomic mass is 32.2. The van der Waals surface area contributed by atoms with Gasteiger partial charge in [0.15, 0.2) is 0 Å². The number of benzene rings is 2. The Kier molecular flexibility index (Phi) is 5.81. The molecule has 7 heteroatoms. The normalized spacial score (nSPS) is 10.9. The average molecular weight is 349 g/mol. The van der Waals surface area contributed by atoms with Crippen molar-refractivity contribution in [3.8, 4) is 5.75 Å². The van der Waals surface area contributed by atoms with Gasteiger partial charge >= 0.3 is 5.97 Å². The van der Waals surface area contributed by atoms with Crippen LogP contribution in [0.2, 0.25) is 0 Å². The van der Waals surface area contributed by atoms with Crippen molar-refractivity contribution in [2.45, 2.75) is 11.8 Å². The smallest absolute Gasteiger partial charge is 0.326 e. The summed E-state index contributed by atoms with van der Waals surface area (Å²) in [4.78, 5) is 12.0. The average Bonchev–Trinajstić information content (AvgIpc) is 2.61. The summed E-state index contributed by atoms with van der Waals surface area (Å²) >= 11 is 0. The summed E-state index contributed by atoms with van der Waals surface area (Å²) in [6.45, 7) is 1.44. The number of methoxy groups -OCH3 is 1. The second kappa shape index (κ2) is 7.83. The van der Waals surface area contributed by atoms with Crippen molar-refractivity contribution in [3.63, 3.8) is 0 Å². The Morgan fingerprint density at radius 2 is 1.67 bits per heavy atom. The number of rotatable bonds is 7. The monoisotopic (exact) mass is 349 g/mol. The Morgan fingerprint density at radius 3 is 2.21 bits per heavy atom. The molecule has 0 aliphatic rings. The van der Waals surface area contributed by atoms with E-state index in [1.807, 2.05) is 0 Å². The molecule has 0 saturated heterocycles. The van der Waals surface area contributed by atoms with Gasteiger partial charge in [-0.15, -0.1) is 0 Å². The minimum Gasteiger partial charge on any atom is -0.497 e. The van der Waals surface area contributed by atoms with E-state index in [1.165, 1.54) is 19.2 Å². The molecule has 24 heavy (non-hydrogen) atoms. The van der Waals surface area contributed by atoms with Gasteiger partial charge in [-0.05, 0) is 43.3 Å². The Bertz CT molecular complexity index is 772. The van der Waals surface area contributed by atoms with Crippen LogP contribution in [0.3, 0.4) is 0 Å². The van der Waals surface area contributed by atoms with Gasteiger partial charge in [-0.2, -0.15) is 0 Å². The summed E-state index contributed by atoms with van der Waals surface area (Å²) < 4.78 is 36.8. The number of esters is 1. The van der Waals surface area contributed by atoms with Crippen LogP contribution in [0.1, 0.15) is 6.92 Å². The zero-order chi connectivity index (χ0) is 17.6. The topological polar surface area (TPSA) is 72.9 Å². The molecule has 0 atom stereocenters. The van der Waals surface area contributed by atoms with Gasteiger partial charge in [-0.25, -0.2) is 8.42 Å². The van der Waals surface area contributed by atoms with Gasteiger partial charge in [-0.3, -0.25) is 9.10 Å². The van der Waals surface area contributed by atoms with Crippen LogP contribution in [0.5, 0.6) is 5.75 Å². The quantitative estimate of drug-likeness (QED) is 0.718. The van der Waals surface area contributed by atoms with Gasteiger partial charge in [0, 0.05) is 0 Å². The van der Waals surface area contributed by atoms with Crippen LogP contribution in [0.15, 0.2) is 59.5 Å². The van der Waals surface area contributed by atoms with Gasteiger partial charge in [0.05, 0.1) is 24.3 Å². The first-order valence-corrected chi connectivity index (χ1v) is 8.80. The van der Waals surface area contributed by atoms with E-state index in [0.29, 0.717) is 11.4 Å². The minimum atomic E-state index is -3.90. The molecule has 0 amide bonds. The van der Waals surface area contributed by atoms with Crippen LogP contribution < -0.4 is 9.04 Å². The van der Waals surface area contributed by atoms with Crippen molar-refractivity contribution < 1.29 is 22.7 Å². The minimum absolute atomic E-state index is 0.102. The third-order valence-corrected chi connectivity index (χ3v) is 5.06. The van der Waals surface area contributed by atoms with Crippen LogP contribution in [-0.4, -0.2) is 34.6 Å². The number of nitrogens with zero attached hydrogens (tertiary/aromatic N) is 1. The third kappa shape index (κ3) is 4.05. The zero-order valence-electron chi connectivity index (χ0n) is 13.5. The summed E-state index contributed by atoms with van der Waals surface area (Å²) in [5.74, 6) is -0.0280. The number of sulfonamides is 1. The maximum Gasteiger partial charge on any atom is 0.326 e. The molecule has 128 valence electrons. The predicted octanol–water partition coefficient (Wildman–Crippen LogP) is 2.45. The maximum absolute atomic E-state index is 12.9. The molecule has 0 radical (unpaired) electrons. The fourth-order valence-corrected chi connectivity index (χ4v) is 3.54. The van der Waals surface area contributed by atoms with Gasteiger partial charge in [0.25, 0.3) is 10.0 Å². The second-order valence-electron chi connectivity index (χ2n) is 4.83. The lowest BCUT2D eigenvalue weighted by atomic mass is 10.3. The fraction of sp³-hybridized carbons (Fsp3) is 0.235. The fourth-order valence-electron chi connectivity index (χ4n) is 2.11. The molecule has 2 aromatic rings. The SMILES string of the molecule is CCOC(=O)CN(c1ccc(OC)cc1)S(=O)(=O)c1ccccc1. The molecule has 0 fully saturated rings. The summed E-state index contributed by atoms with van der Waals surface area (Å²) in [5, 5.41) is 0. The molecule has 0 aliphatic carbocycles. The van der Waals surface area contributed by atoms with Crippen LogP contribution in [-0.2, 0) is 19.6 Å². The predicted molar refractivity (Wildman–Crippen MR) is 90.6 cm³/mol. The van der Waals surface area contributed by atoms with Crippen molar-refractivity contribution in [2.24, 2.45) is 0 Å². The molecule has 0 saturated carbocycles. The van der Waals surface area contributed by atoms with Crippen LogP contribution in [0.25, 0.3) is 0 Å². The highest BCUT2D eigenvalue weighted by Gasteiger charge is 2.27. The van der Waals surface area contributed by atoms with Crippen LogP contribution in [0.4, 0.5) is 5.69 Å². The number of carbonyl (C=O) groups is 1. The molecule has 2 rings (SSSR count). The standard InChI is InChI=1S/C17H19NO5S/c1-3-23-17(19)13-18(14-9-11-15(22-2)12-10-14)24(20,21)16-7-5-4-6-8-16/h4-12H,3,13H2,1-2H3. The zero-order valence-corrected chi connectivity index (χ0v) is 14.3. The molecule has 0 bridgehead atoms. The van der Waals surface area contributed by atoms with Gasteiger partial charge in [0.1, 0.15) is 12.3 Å². The maximum atomic E-state index is 12.9. The number of ether oxygens (including phenoxy) is 2. The molecular formula is C17H19NO5S. The Hall–Kier alpha value is -2.54. The molecular weight excluding hydrogens is 330 g/mol. The lowest BCUT2D eigenvalue weighted by molar-refractivity contribution is -0.141. The summed E-state index contributed by atoms with van der Waals surface area (Å²) in [5.41, 5.74) is 0.354. The van der Waals surface area contributed by atoms with E-state index < -0.39 is 22.5 Å². The molecule has 2 aromatic carbocycles. The highest BCUT2D eigenvalue weighted by molar-refractivity contribution is 7.92. The van der Waals surface area contributed by atoms with Crippen molar-refractivity contribution in [1.82, 2.24) is 0 Å². The van der Waals surface area contributed by atoms with E-state index in [0.717, 1.165) is 4.31 Å². The Labute approximate surface area is 141 Å². The van der Waals surface area contributed by atoms with E-state index in [9.17, 15) is 13.2 Å². The number of anilines is 1. The number of hydrogen-bond acceptors (Lipinski definition) is 5. The molecule has 0 spiro atoms. The van der Waals surface area contributed by atoms with Gasteiger partial charge < -0.3 is 9.47 Å². The molecule has 6 nitrogen and oxygen atoms in total. The second-order valence-corrected chi connectivity index (χ2v) is 6.69. The molecule has 0 aliphatic heterocycles. The summed E-state index contributed by atoms with van der Waals surface area (Å²) in [6.07, 6.45) is 0. The van der Waals surface area contributed by atoms with E-state index >= 15 is 0 Å². The lowest BCUT2D eigenvalue weighted by Gasteiger charge is -2.23. The van der Waals surface area contributed by atoms with E-state index in [4.69, 9.17) is 9.47 Å². The molecule has 0 N–H and O–H groups in total. The number of hydrogen-bond donors (Lipinski definition) is 0. The lowest BCUT2D eigenvalue weighted by Crippen LogP contribution is -2.36. The molecule has 0 unspecified atom stereocenters. The Balaban J connectivity index is 2.43. The summed E-state index contributed by atoms with van der Waals surface area (Å²) in [7, 11) is -2.38.